The molecule has 0 aliphatic carbocycles. The number of ether oxygens (including phenoxy) is 1. The SMILES string of the molecule is CC(C)C[C@@H](/C=C/C(Cc1ccc(F)cc1)(Cc1ccc(F)cc1)C(=O)NC1CC(C)(C)N(C)C(C)(C)C1)NC(=O)OC(C)(C)C. The summed E-state index contributed by atoms with van der Waals surface area (Å²) in [6.45, 7) is 18.3. The van der Waals surface area contributed by atoms with Gasteiger partial charge in [-0.15, -0.1) is 0 Å². The maximum Gasteiger partial charge on any atom is 0.408 e. The number of piperidine rings is 1. The van der Waals surface area contributed by atoms with Crippen LogP contribution in [0.2, 0.25) is 0 Å². The normalized spacial score (nSPS) is 18.0. The number of halogens is 2. The van der Waals surface area contributed by atoms with Gasteiger partial charge in [-0.25, -0.2) is 13.6 Å². The van der Waals surface area contributed by atoms with Crippen LogP contribution in [0, 0.1) is 23.0 Å². The van der Waals surface area contributed by atoms with Crippen molar-refractivity contribution >= 4 is 12.0 Å². The standard InChI is InChI=1S/C38H55F2N3O3/c1-26(2)21-31(42-34(45)46-35(3,4)5)19-20-38(22-27-11-15-29(39)16-12-27,23-28-13-17-30(40)18-14-28)33(44)41-32-24-36(6,7)43(10)37(8,9)25-32/h11-20,26,31-32H,21-25H2,1-10H3,(H,41,44)(H,42,45)/b20-19+/t31-/m1/s1. The van der Waals surface area contributed by atoms with Gasteiger partial charge in [0, 0.05) is 17.1 Å². The number of hydrogen-bond donors (Lipinski definition) is 2. The zero-order chi connectivity index (χ0) is 34.5. The summed E-state index contributed by atoms with van der Waals surface area (Å²) in [5.41, 5.74) is -0.531. The first-order valence-corrected chi connectivity index (χ1v) is 16.4. The molecular weight excluding hydrogens is 584 g/mol. The Morgan fingerprint density at radius 2 is 1.37 bits per heavy atom. The van der Waals surface area contributed by atoms with Crippen molar-refractivity contribution in [3.63, 3.8) is 0 Å². The summed E-state index contributed by atoms with van der Waals surface area (Å²) >= 11 is 0. The Morgan fingerprint density at radius 3 is 1.78 bits per heavy atom. The Kier molecular flexibility index (Phi) is 11.9. The van der Waals surface area contributed by atoms with Crippen molar-refractivity contribution in [2.45, 2.75) is 123 Å². The molecule has 254 valence electrons. The summed E-state index contributed by atoms with van der Waals surface area (Å²) in [4.78, 5) is 30.0. The fourth-order valence-corrected chi connectivity index (χ4v) is 6.60. The third-order valence-electron chi connectivity index (χ3n) is 9.04. The van der Waals surface area contributed by atoms with Crippen molar-refractivity contribution < 1.29 is 23.1 Å². The van der Waals surface area contributed by atoms with E-state index in [1.54, 1.807) is 24.3 Å². The molecule has 3 rings (SSSR count). The molecule has 0 saturated carbocycles. The Balaban J connectivity index is 2.11. The van der Waals surface area contributed by atoms with Crippen molar-refractivity contribution in [3.8, 4) is 0 Å². The number of benzene rings is 2. The molecule has 2 amide bonds. The number of rotatable bonds is 11. The van der Waals surface area contributed by atoms with Crippen molar-refractivity contribution in [2.24, 2.45) is 11.3 Å². The van der Waals surface area contributed by atoms with Crippen LogP contribution in [0.4, 0.5) is 13.6 Å². The van der Waals surface area contributed by atoms with Crippen LogP contribution in [-0.2, 0) is 22.4 Å². The molecular formula is C38H55F2N3O3. The number of hydrogen-bond acceptors (Lipinski definition) is 4. The van der Waals surface area contributed by atoms with E-state index in [1.165, 1.54) is 24.3 Å². The minimum absolute atomic E-state index is 0.0886. The molecule has 0 unspecified atom stereocenters. The summed E-state index contributed by atoms with van der Waals surface area (Å²) < 4.78 is 33.5. The van der Waals surface area contributed by atoms with Crippen LogP contribution in [0.5, 0.6) is 0 Å². The molecule has 1 aliphatic heterocycles. The number of carbonyl (C=O) groups is 2. The van der Waals surface area contributed by atoms with Crippen LogP contribution in [0.15, 0.2) is 60.7 Å². The van der Waals surface area contributed by atoms with Gasteiger partial charge < -0.3 is 15.4 Å². The van der Waals surface area contributed by atoms with E-state index in [0.29, 0.717) is 6.42 Å². The van der Waals surface area contributed by atoms with E-state index in [9.17, 15) is 18.4 Å². The van der Waals surface area contributed by atoms with Crippen molar-refractivity contribution in [2.75, 3.05) is 7.05 Å². The highest BCUT2D eigenvalue weighted by molar-refractivity contribution is 5.86. The van der Waals surface area contributed by atoms with Gasteiger partial charge in [0.15, 0.2) is 0 Å². The second-order valence-electron chi connectivity index (χ2n) is 15.8. The first-order valence-electron chi connectivity index (χ1n) is 16.4. The van der Waals surface area contributed by atoms with Crippen LogP contribution < -0.4 is 10.6 Å². The lowest BCUT2D eigenvalue weighted by Gasteiger charge is -2.54. The Hall–Kier alpha value is -3.26. The fraction of sp³-hybridized carbons (Fsp3) is 0.579. The molecule has 2 aromatic carbocycles. The summed E-state index contributed by atoms with van der Waals surface area (Å²) in [7, 11) is 2.13. The van der Waals surface area contributed by atoms with E-state index in [2.05, 4.69) is 64.1 Å². The van der Waals surface area contributed by atoms with Crippen LogP contribution in [-0.4, -0.2) is 52.7 Å². The van der Waals surface area contributed by atoms with Gasteiger partial charge >= 0.3 is 6.09 Å². The lowest BCUT2D eigenvalue weighted by atomic mass is 9.73. The third kappa shape index (κ3) is 10.6. The highest BCUT2D eigenvalue weighted by Crippen LogP contribution is 2.38. The topological polar surface area (TPSA) is 70.7 Å². The maximum absolute atomic E-state index is 14.8. The lowest BCUT2D eigenvalue weighted by Crippen LogP contribution is -2.63. The molecule has 1 heterocycles. The number of nitrogens with one attached hydrogen (secondary N) is 2. The molecule has 2 N–H and O–H groups in total. The number of nitrogens with zero attached hydrogens (tertiary/aromatic N) is 1. The van der Waals surface area contributed by atoms with Crippen LogP contribution >= 0.6 is 0 Å². The van der Waals surface area contributed by atoms with E-state index < -0.39 is 23.2 Å². The van der Waals surface area contributed by atoms with Crippen molar-refractivity contribution in [1.29, 1.82) is 0 Å². The Labute approximate surface area is 275 Å². The molecule has 1 aliphatic rings. The molecule has 0 bridgehead atoms. The molecule has 6 nitrogen and oxygen atoms in total. The van der Waals surface area contributed by atoms with Crippen LogP contribution in [0.1, 0.15) is 92.7 Å². The molecule has 2 aromatic rings. The number of carbonyl (C=O) groups excluding carboxylic acids is 2. The summed E-state index contributed by atoms with van der Waals surface area (Å²) in [5.74, 6) is -0.644. The second-order valence-corrected chi connectivity index (χ2v) is 15.8. The van der Waals surface area contributed by atoms with E-state index in [-0.39, 0.29) is 53.4 Å². The second kappa shape index (κ2) is 14.7. The Morgan fingerprint density at radius 1 is 0.913 bits per heavy atom. The minimum Gasteiger partial charge on any atom is -0.444 e. The fourth-order valence-electron chi connectivity index (χ4n) is 6.60. The number of alkyl carbamates (subject to hydrolysis) is 1. The Bertz CT molecular complexity index is 1280. The van der Waals surface area contributed by atoms with E-state index in [4.69, 9.17) is 4.74 Å². The van der Waals surface area contributed by atoms with Crippen LogP contribution in [0.25, 0.3) is 0 Å². The van der Waals surface area contributed by atoms with Gasteiger partial charge in [0.2, 0.25) is 5.91 Å². The van der Waals surface area contributed by atoms with Gasteiger partial charge in [-0.2, -0.15) is 0 Å². The number of likely N-dealkylation sites (tertiary alicyclic amines) is 1. The van der Waals surface area contributed by atoms with Gasteiger partial charge in [0.1, 0.15) is 17.2 Å². The summed E-state index contributed by atoms with van der Waals surface area (Å²) in [6, 6.07) is 11.9. The van der Waals surface area contributed by atoms with Gasteiger partial charge in [-0.05, 0) is 129 Å². The largest absolute Gasteiger partial charge is 0.444 e. The third-order valence-corrected chi connectivity index (χ3v) is 9.04. The lowest BCUT2D eigenvalue weighted by molar-refractivity contribution is -0.130. The predicted octanol–water partition coefficient (Wildman–Crippen LogP) is 8.00. The summed E-state index contributed by atoms with van der Waals surface area (Å²) in [5, 5.41) is 6.40. The average Bonchev–Trinajstić information content (AvgIpc) is 2.91. The van der Waals surface area contributed by atoms with Crippen molar-refractivity contribution in [1.82, 2.24) is 15.5 Å². The van der Waals surface area contributed by atoms with E-state index in [1.807, 2.05) is 32.9 Å². The predicted molar refractivity (Wildman–Crippen MR) is 181 cm³/mol. The zero-order valence-electron chi connectivity index (χ0n) is 29.5. The summed E-state index contributed by atoms with van der Waals surface area (Å²) in [6.07, 6.45) is 5.94. The molecule has 0 spiro atoms. The zero-order valence-corrected chi connectivity index (χ0v) is 29.5. The monoisotopic (exact) mass is 639 g/mol. The van der Waals surface area contributed by atoms with Gasteiger partial charge in [-0.1, -0.05) is 50.3 Å². The van der Waals surface area contributed by atoms with E-state index in [0.717, 1.165) is 24.0 Å². The first-order chi connectivity index (χ1) is 21.2. The smallest absolute Gasteiger partial charge is 0.408 e. The molecule has 0 aromatic heterocycles. The molecule has 8 heteroatoms. The quantitative estimate of drug-likeness (QED) is 0.245. The van der Waals surface area contributed by atoms with Crippen LogP contribution in [0.3, 0.4) is 0 Å². The highest BCUT2D eigenvalue weighted by atomic mass is 19.1. The molecule has 1 atom stereocenters. The van der Waals surface area contributed by atoms with Gasteiger partial charge in [-0.3, -0.25) is 9.69 Å². The molecule has 1 fully saturated rings. The number of amides is 2. The van der Waals surface area contributed by atoms with Gasteiger partial charge in [0.05, 0.1) is 11.5 Å². The minimum atomic E-state index is -1.14. The average molecular weight is 640 g/mol. The van der Waals surface area contributed by atoms with Gasteiger partial charge in [0.25, 0.3) is 0 Å². The highest BCUT2D eigenvalue weighted by Gasteiger charge is 2.45. The molecule has 46 heavy (non-hydrogen) atoms. The first kappa shape index (κ1) is 37.2. The van der Waals surface area contributed by atoms with Crippen molar-refractivity contribution in [3.05, 3.63) is 83.4 Å². The molecule has 0 radical (unpaired) electrons. The maximum atomic E-state index is 14.8. The molecule has 1 saturated heterocycles. The van der Waals surface area contributed by atoms with E-state index >= 15 is 0 Å².